The van der Waals surface area contributed by atoms with Crippen LogP contribution >= 0.6 is 0 Å². The number of amides is 1. The number of nitrogens with zero attached hydrogens (tertiary/aromatic N) is 2. The fraction of sp³-hybridized carbons (Fsp3) is 0.429. The predicted octanol–water partition coefficient (Wildman–Crippen LogP) is 2.90. The maximum absolute atomic E-state index is 12.9. The van der Waals surface area contributed by atoms with Gasteiger partial charge in [0.15, 0.2) is 0 Å². The molecule has 0 fully saturated rings. The minimum Gasteiger partial charge on any atom is -0.494 e. The molecule has 1 aliphatic heterocycles. The van der Waals surface area contributed by atoms with Gasteiger partial charge in [-0.3, -0.25) is 9.59 Å². The van der Waals surface area contributed by atoms with E-state index in [1.54, 1.807) is 15.5 Å². The van der Waals surface area contributed by atoms with Crippen molar-refractivity contribution in [3.63, 3.8) is 0 Å². The van der Waals surface area contributed by atoms with Gasteiger partial charge < -0.3 is 14.2 Å². The van der Waals surface area contributed by atoms with Crippen molar-refractivity contribution in [2.24, 2.45) is 0 Å². The molecule has 2 heterocycles. The van der Waals surface area contributed by atoms with Crippen LogP contribution in [-0.4, -0.2) is 35.6 Å². The zero-order valence-corrected chi connectivity index (χ0v) is 15.5. The Bertz CT molecular complexity index is 824. The van der Waals surface area contributed by atoms with Crippen molar-refractivity contribution in [3.05, 3.63) is 63.6 Å². The molecule has 1 aromatic heterocycles. The lowest BCUT2D eigenvalue weighted by atomic mass is 10.0. The van der Waals surface area contributed by atoms with Crippen LogP contribution in [0.25, 0.3) is 0 Å². The number of fused-ring (bicyclic) bond motifs is 1. The topological polar surface area (TPSA) is 51.5 Å². The van der Waals surface area contributed by atoms with Crippen LogP contribution in [0.4, 0.5) is 0 Å². The normalized spacial score (nSPS) is 13.2. The van der Waals surface area contributed by atoms with Crippen LogP contribution in [0.1, 0.15) is 41.4 Å². The van der Waals surface area contributed by atoms with E-state index >= 15 is 0 Å². The van der Waals surface area contributed by atoms with Crippen LogP contribution in [0.15, 0.2) is 41.2 Å². The SMILES string of the molecule is CCOc1ccc(CCN(C)C(=O)c2ccc(=O)n3c2CCCC3)cc1. The van der Waals surface area contributed by atoms with Gasteiger partial charge in [-0.15, -0.1) is 0 Å². The second-order valence-electron chi connectivity index (χ2n) is 6.69. The highest BCUT2D eigenvalue weighted by Crippen LogP contribution is 2.18. The summed E-state index contributed by atoms with van der Waals surface area (Å²) >= 11 is 0. The lowest BCUT2D eigenvalue weighted by Crippen LogP contribution is -2.34. The molecule has 0 atom stereocenters. The first-order valence-electron chi connectivity index (χ1n) is 9.30. The van der Waals surface area contributed by atoms with Crippen LogP contribution in [-0.2, 0) is 19.4 Å². The summed E-state index contributed by atoms with van der Waals surface area (Å²) in [7, 11) is 1.82. The van der Waals surface area contributed by atoms with E-state index < -0.39 is 0 Å². The van der Waals surface area contributed by atoms with Gasteiger partial charge in [-0.2, -0.15) is 0 Å². The number of carbonyl (C=O) groups is 1. The summed E-state index contributed by atoms with van der Waals surface area (Å²) in [6.07, 6.45) is 3.60. The molecule has 0 radical (unpaired) electrons. The fourth-order valence-corrected chi connectivity index (χ4v) is 3.41. The highest BCUT2D eigenvalue weighted by Gasteiger charge is 2.21. The summed E-state index contributed by atoms with van der Waals surface area (Å²) in [5.41, 5.74) is 2.72. The summed E-state index contributed by atoms with van der Waals surface area (Å²) in [5, 5.41) is 0. The molecule has 26 heavy (non-hydrogen) atoms. The van der Waals surface area contributed by atoms with E-state index in [2.05, 4.69) is 0 Å². The number of ether oxygens (including phenoxy) is 1. The summed E-state index contributed by atoms with van der Waals surface area (Å²) < 4.78 is 7.21. The van der Waals surface area contributed by atoms with E-state index in [-0.39, 0.29) is 11.5 Å². The molecule has 138 valence electrons. The van der Waals surface area contributed by atoms with Crippen LogP contribution in [0.3, 0.4) is 0 Å². The average molecular weight is 354 g/mol. The molecule has 2 aromatic rings. The van der Waals surface area contributed by atoms with Gasteiger partial charge in [0.2, 0.25) is 0 Å². The third-order valence-electron chi connectivity index (χ3n) is 4.89. The van der Waals surface area contributed by atoms with Crippen molar-refractivity contribution in [1.29, 1.82) is 0 Å². The summed E-state index contributed by atoms with van der Waals surface area (Å²) in [6, 6.07) is 11.2. The molecule has 1 amide bonds. The molecule has 0 aliphatic carbocycles. The Morgan fingerprint density at radius 2 is 1.92 bits per heavy atom. The van der Waals surface area contributed by atoms with Gasteiger partial charge in [0.25, 0.3) is 11.5 Å². The number of pyridine rings is 1. The minimum absolute atomic E-state index is 0.00621. The van der Waals surface area contributed by atoms with Crippen LogP contribution in [0.5, 0.6) is 5.75 Å². The maximum Gasteiger partial charge on any atom is 0.255 e. The van der Waals surface area contributed by atoms with E-state index in [0.29, 0.717) is 25.3 Å². The third-order valence-corrected chi connectivity index (χ3v) is 4.89. The molecule has 0 bridgehead atoms. The van der Waals surface area contributed by atoms with E-state index in [1.807, 2.05) is 38.2 Å². The van der Waals surface area contributed by atoms with Crippen molar-refractivity contribution < 1.29 is 9.53 Å². The first-order chi connectivity index (χ1) is 12.6. The molecule has 5 nitrogen and oxygen atoms in total. The van der Waals surface area contributed by atoms with Gasteiger partial charge >= 0.3 is 0 Å². The van der Waals surface area contributed by atoms with Gasteiger partial charge in [0.05, 0.1) is 12.2 Å². The van der Waals surface area contributed by atoms with Crippen LogP contribution in [0.2, 0.25) is 0 Å². The Morgan fingerprint density at radius 3 is 2.65 bits per heavy atom. The third kappa shape index (κ3) is 3.98. The number of hydrogen-bond donors (Lipinski definition) is 0. The lowest BCUT2D eigenvalue weighted by molar-refractivity contribution is 0.0793. The highest BCUT2D eigenvalue weighted by molar-refractivity contribution is 5.95. The zero-order valence-electron chi connectivity index (χ0n) is 15.5. The molecule has 1 aliphatic rings. The average Bonchev–Trinajstić information content (AvgIpc) is 2.67. The van der Waals surface area contributed by atoms with Gasteiger partial charge in [-0.05, 0) is 56.4 Å². The molecule has 0 N–H and O–H groups in total. The Hall–Kier alpha value is -2.56. The van der Waals surface area contributed by atoms with Gasteiger partial charge in [-0.25, -0.2) is 0 Å². The van der Waals surface area contributed by atoms with Crippen molar-refractivity contribution in [3.8, 4) is 5.75 Å². The van der Waals surface area contributed by atoms with Gasteiger partial charge in [-0.1, -0.05) is 12.1 Å². The predicted molar refractivity (Wildman–Crippen MR) is 102 cm³/mol. The molecule has 1 aromatic carbocycles. The molecule has 0 saturated carbocycles. The quantitative estimate of drug-likeness (QED) is 0.801. The van der Waals surface area contributed by atoms with Crippen molar-refractivity contribution >= 4 is 5.91 Å². The van der Waals surface area contributed by atoms with Crippen molar-refractivity contribution in [2.75, 3.05) is 20.2 Å². The number of aromatic nitrogens is 1. The highest BCUT2D eigenvalue weighted by atomic mass is 16.5. The van der Waals surface area contributed by atoms with E-state index in [9.17, 15) is 9.59 Å². The van der Waals surface area contributed by atoms with E-state index in [1.165, 1.54) is 11.6 Å². The first kappa shape index (κ1) is 18.2. The van der Waals surface area contributed by atoms with Gasteiger partial charge in [0, 0.05) is 31.9 Å². The second kappa shape index (κ2) is 8.21. The largest absolute Gasteiger partial charge is 0.494 e. The zero-order chi connectivity index (χ0) is 18.5. The number of rotatable bonds is 6. The van der Waals surface area contributed by atoms with Crippen LogP contribution in [0, 0.1) is 0 Å². The second-order valence-corrected chi connectivity index (χ2v) is 6.69. The lowest BCUT2D eigenvalue weighted by Gasteiger charge is -2.24. The van der Waals surface area contributed by atoms with Crippen molar-refractivity contribution in [1.82, 2.24) is 9.47 Å². The van der Waals surface area contributed by atoms with E-state index in [0.717, 1.165) is 37.1 Å². The van der Waals surface area contributed by atoms with Crippen LogP contribution < -0.4 is 10.3 Å². The molecule has 5 heteroatoms. The summed E-state index contributed by atoms with van der Waals surface area (Å²) in [6.45, 7) is 3.96. The monoisotopic (exact) mass is 354 g/mol. The van der Waals surface area contributed by atoms with Gasteiger partial charge in [0.1, 0.15) is 5.75 Å². The Morgan fingerprint density at radius 1 is 1.15 bits per heavy atom. The number of hydrogen-bond acceptors (Lipinski definition) is 3. The molecule has 0 unspecified atom stereocenters. The van der Waals surface area contributed by atoms with Crippen molar-refractivity contribution in [2.45, 2.75) is 39.2 Å². The Kier molecular flexibility index (Phi) is 5.76. The molecular weight excluding hydrogens is 328 g/mol. The number of benzene rings is 1. The Labute approximate surface area is 154 Å². The smallest absolute Gasteiger partial charge is 0.255 e. The number of likely N-dealkylation sites (N-methyl/N-ethyl adjacent to an activating group) is 1. The van der Waals surface area contributed by atoms with E-state index in [4.69, 9.17) is 4.74 Å². The summed E-state index contributed by atoms with van der Waals surface area (Å²) in [4.78, 5) is 26.6. The molecule has 3 rings (SSSR count). The molecular formula is C21H26N2O3. The molecule has 0 spiro atoms. The minimum atomic E-state index is -0.0124. The first-order valence-corrected chi connectivity index (χ1v) is 9.30. The standard InChI is InChI=1S/C21H26N2O3/c1-3-26-17-9-7-16(8-10-17)13-15-22(2)21(25)18-11-12-20(24)23-14-5-4-6-19(18)23/h7-12H,3-6,13-15H2,1-2H3. The number of carbonyl (C=O) groups excluding carboxylic acids is 1. The Balaban J connectivity index is 1.67. The maximum atomic E-state index is 12.9. The molecule has 0 saturated heterocycles. The fourth-order valence-electron chi connectivity index (χ4n) is 3.41. The summed E-state index contributed by atoms with van der Waals surface area (Å²) in [5.74, 6) is 0.851.